The largest absolute Gasteiger partial charge is 0.364 e. The molecule has 3 aromatic rings. The summed E-state index contributed by atoms with van der Waals surface area (Å²) >= 11 is 5.49. The fourth-order valence-electron chi connectivity index (χ4n) is 2.67. The maximum atomic E-state index is 14.0. The molecule has 2 aromatic carbocycles. The van der Waals surface area contributed by atoms with Gasteiger partial charge in [0, 0.05) is 18.4 Å². The number of hydrogen-bond donors (Lipinski definition) is 3. The van der Waals surface area contributed by atoms with Crippen molar-refractivity contribution in [3.05, 3.63) is 76.3 Å². The maximum absolute atomic E-state index is 14.0. The molecule has 1 aromatic heterocycles. The first-order valence-corrected chi connectivity index (χ1v) is 8.77. The second-order valence-corrected chi connectivity index (χ2v) is 6.36. The fraction of sp³-hybridized carbons (Fsp3) is 0.0526. The number of primary amides is 1. The summed E-state index contributed by atoms with van der Waals surface area (Å²) in [5.74, 6) is -4.41. The van der Waals surface area contributed by atoms with Crippen LogP contribution >= 0.6 is 11.6 Å². The van der Waals surface area contributed by atoms with Crippen LogP contribution in [0.1, 0.15) is 31.3 Å². The molecule has 0 aliphatic carbocycles. The Morgan fingerprint density at radius 2 is 1.73 bits per heavy atom. The number of hydrogen-bond acceptors (Lipinski definition) is 4. The predicted octanol–water partition coefficient (Wildman–Crippen LogP) is 2.51. The zero-order chi connectivity index (χ0) is 22.0. The summed E-state index contributed by atoms with van der Waals surface area (Å²) in [6.07, 6.45) is 1.26. The van der Waals surface area contributed by atoms with E-state index in [1.165, 1.54) is 42.2 Å². The van der Waals surface area contributed by atoms with Gasteiger partial charge in [0.25, 0.3) is 17.7 Å². The fourth-order valence-corrected chi connectivity index (χ4v) is 2.83. The van der Waals surface area contributed by atoms with Crippen LogP contribution in [0.3, 0.4) is 0 Å². The summed E-state index contributed by atoms with van der Waals surface area (Å²) in [7, 11) is 1.39. The number of amides is 3. The zero-order valence-electron chi connectivity index (χ0n) is 15.4. The van der Waals surface area contributed by atoms with Crippen LogP contribution in [-0.2, 0) is 0 Å². The number of carbonyl (C=O) groups is 3. The topological polar surface area (TPSA) is 119 Å². The highest BCUT2D eigenvalue weighted by Gasteiger charge is 2.22. The predicted molar refractivity (Wildman–Crippen MR) is 105 cm³/mol. The van der Waals surface area contributed by atoms with Crippen LogP contribution in [0, 0.1) is 11.6 Å². The van der Waals surface area contributed by atoms with Crippen molar-refractivity contribution in [1.82, 2.24) is 14.9 Å². The summed E-state index contributed by atoms with van der Waals surface area (Å²) in [6.45, 7) is 0. The van der Waals surface area contributed by atoms with Crippen molar-refractivity contribution in [2.75, 3.05) is 12.4 Å². The van der Waals surface area contributed by atoms with Crippen LogP contribution in [0.5, 0.6) is 0 Å². The van der Waals surface area contributed by atoms with Gasteiger partial charge < -0.3 is 16.4 Å². The van der Waals surface area contributed by atoms with Gasteiger partial charge in [0.15, 0.2) is 11.5 Å². The summed E-state index contributed by atoms with van der Waals surface area (Å²) in [5, 5.41) is 4.05. The lowest BCUT2D eigenvalue weighted by Crippen LogP contribution is -2.25. The molecule has 0 bridgehead atoms. The summed E-state index contributed by atoms with van der Waals surface area (Å²) in [6, 6.07) is 7.85. The Morgan fingerprint density at radius 1 is 1.07 bits per heavy atom. The van der Waals surface area contributed by atoms with Crippen molar-refractivity contribution in [2.45, 2.75) is 0 Å². The van der Waals surface area contributed by atoms with E-state index in [0.717, 1.165) is 12.1 Å². The lowest BCUT2D eigenvalue weighted by molar-refractivity contribution is 0.0937. The van der Waals surface area contributed by atoms with Gasteiger partial charge in [-0.3, -0.25) is 19.0 Å². The number of nitrogens with zero attached hydrogens (tertiary/aromatic N) is 2. The molecule has 0 aliphatic rings. The van der Waals surface area contributed by atoms with Gasteiger partial charge in [-0.25, -0.2) is 13.8 Å². The molecule has 11 heteroatoms. The molecule has 30 heavy (non-hydrogen) atoms. The first-order valence-electron chi connectivity index (χ1n) is 8.39. The summed E-state index contributed by atoms with van der Waals surface area (Å²) < 4.78 is 28.6. The minimum Gasteiger partial charge on any atom is -0.364 e. The molecule has 0 saturated carbocycles. The molecule has 8 nitrogen and oxygen atoms in total. The van der Waals surface area contributed by atoms with Gasteiger partial charge in [-0.15, -0.1) is 0 Å². The van der Waals surface area contributed by atoms with Gasteiger partial charge in [-0.1, -0.05) is 11.6 Å². The molecule has 4 N–H and O–H groups in total. The number of rotatable bonds is 5. The second-order valence-electron chi connectivity index (χ2n) is 5.98. The first-order chi connectivity index (χ1) is 14.2. The van der Waals surface area contributed by atoms with Crippen molar-refractivity contribution >= 4 is 35.0 Å². The lowest BCUT2D eigenvalue weighted by Gasteiger charge is -2.10. The van der Waals surface area contributed by atoms with Crippen molar-refractivity contribution in [3.8, 4) is 5.69 Å². The Bertz CT molecular complexity index is 1160. The van der Waals surface area contributed by atoms with Gasteiger partial charge in [0.05, 0.1) is 5.56 Å². The smallest absolute Gasteiger partial charge is 0.272 e. The van der Waals surface area contributed by atoms with Crippen LogP contribution < -0.4 is 16.4 Å². The quantitative estimate of drug-likeness (QED) is 0.535. The Kier molecular flexibility index (Phi) is 5.79. The van der Waals surface area contributed by atoms with Gasteiger partial charge in [0.1, 0.15) is 22.9 Å². The molecule has 0 atom stereocenters. The molecular weight excluding hydrogens is 420 g/mol. The highest BCUT2D eigenvalue weighted by Crippen LogP contribution is 2.23. The number of halogens is 3. The van der Waals surface area contributed by atoms with E-state index >= 15 is 0 Å². The Morgan fingerprint density at radius 3 is 2.33 bits per heavy atom. The number of benzene rings is 2. The average Bonchev–Trinajstić information content (AvgIpc) is 3.17. The monoisotopic (exact) mass is 433 g/mol. The SMILES string of the molecule is CNC(=O)c1ncn(-c2ccc(NC(=O)c3ccc(F)c(Cl)c3F)cc2)c1C(N)=O. The number of nitrogens with two attached hydrogens (primary N) is 1. The normalized spacial score (nSPS) is 10.5. The van der Waals surface area contributed by atoms with E-state index in [0.29, 0.717) is 5.69 Å². The Hall–Kier alpha value is -3.79. The molecule has 3 amide bonds. The van der Waals surface area contributed by atoms with Crippen LogP contribution in [0.15, 0.2) is 42.7 Å². The van der Waals surface area contributed by atoms with Crippen LogP contribution in [0.25, 0.3) is 5.69 Å². The maximum Gasteiger partial charge on any atom is 0.272 e. The number of anilines is 1. The van der Waals surface area contributed by atoms with E-state index in [1.807, 2.05) is 0 Å². The zero-order valence-corrected chi connectivity index (χ0v) is 16.1. The molecule has 0 aliphatic heterocycles. The molecule has 0 radical (unpaired) electrons. The molecule has 0 spiro atoms. The number of nitrogens with one attached hydrogen (secondary N) is 2. The lowest BCUT2D eigenvalue weighted by atomic mass is 10.2. The van der Waals surface area contributed by atoms with Crippen LogP contribution in [-0.4, -0.2) is 34.3 Å². The first kappa shape index (κ1) is 20.9. The van der Waals surface area contributed by atoms with E-state index in [1.54, 1.807) is 0 Å². The molecule has 0 unspecified atom stereocenters. The van der Waals surface area contributed by atoms with Gasteiger partial charge in [-0.2, -0.15) is 0 Å². The standard InChI is InChI=1S/C19H14ClF2N5O3/c1-24-19(30)15-16(17(23)28)27(8-25-15)10-4-2-9(3-5-10)26-18(29)11-6-7-12(21)13(20)14(11)22/h2-8H,1H3,(H2,23,28)(H,24,30)(H,26,29). The number of aromatic nitrogens is 2. The molecule has 0 saturated heterocycles. The molecule has 1 heterocycles. The van der Waals surface area contributed by atoms with Gasteiger partial charge >= 0.3 is 0 Å². The van der Waals surface area contributed by atoms with E-state index in [-0.39, 0.29) is 17.1 Å². The minimum absolute atomic E-state index is 0.117. The third-order valence-electron chi connectivity index (χ3n) is 4.13. The molecule has 0 fully saturated rings. The van der Waals surface area contributed by atoms with Crippen molar-refractivity contribution in [1.29, 1.82) is 0 Å². The van der Waals surface area contributed by atoms with E-state index in [4.69, 9.17) is 17.3 Å². The van der Waals surface area contributed by atoms with Gasteiger partial charge in [0.2, 0.25) is 0 Å². The van der Waals surface area contributed by atoms with Crippen LogP contribution in [0.2, 0.25) is 5.02 Å². The Balaban J connectivity index is 1.87. The number of carbonyl (C=O) groups excluding carboxylic acids is 3. The van der Waals surface area contributed by atoms with Crippen LogP contribution in [0.4, 0.5) is 14.5 Å². The third-order valence-corrected chi connectivity index (χ3v) is 4.47. The molecular formula is C19H14ClF2N5O3. The van der Waals surface area contributed by atoms with Crippen molar-refractivity contribution < 1.29 is 23.2 Å². The van der Waals surface area contributed by atoms with Gasteiger partial charge in [-0.05, 0) is 36.4 Å². The molecule has 154 valence electrons. The minimum atomic E-state index is -1.17. The van der Waals surface area contributed by atoms with E-state index < -0.39 is 39.9 Å². The number of imidazole rings is 1. The Labute approximate surface area is 173 Å². The summed E-state index contributed by atoms with van der Waals surface area (Å²) in [4.78, 5) is 39.8. The second kappa shape index (κ2) is 8.29. The summed E-state index contributed by atoms with van der Waals surface area (Å²) in [5.41, 5.74) is 5.42. The highest BCUT2D eigenvalue weighted by atomic mass is 35.5. The third kappa shape index (κ3) is 3.85. The average molecular weight is 434 g/mol. The van der Waals surface area contributed by atoms with E-state index in [9.17, 15) is 23.2 Å². The van der Waals surface area contributed by atoms with Crippen molar-refractivity contribution in [2.24, 2.45) is 5.73 Å². The highest BCUT2D eigenvalue weighted by molar-refractivity contribution is 6.31. The molecule has 3 rings (SSSR count). The van der Waals surface area contributed by atoms with Crippen molar-refractivity contribution in [3.63, 3.8) is 0 Å². The van der Waals surface area contributed by atoms with E-state index in [2.05, 4.69) is 15.6 Å².